The van der Waals surface area contributed by atoms with Crippen LogP contribution in [0.3, 0.4) is 0 Å². The third-order valence-corrected chi connectivity index (χ3v) is 5.50. The van der Waals surface area contributed by atoms with Crippen molar-refractivity contribution in [3.8, 4) is 11.5 Å². The summed E-state index contributed by atoms with van der Waals surface area (Å²) in [7, 11) is 0. The van der Waals surface area contributed by atoms with Gasteiger partial charge in [0.15, 0.2) is 0 Å². The predicted molar refractivity (Wildman–Crippen MR) is 118 cm³/mol. The van der Waals surface area contributed by atoms with Gasteiger partial charge in [0, 0.05) is 11.1 Å². The van der Waals surface area contributed by atoms with E-state index in [-0.39, 0.29) is 0 Å². The minimum Gasteiger partial charge on any atom is -0.423 e. The normalized spacial score (nSPS) is 18.3. The topological polar surface area (TPSA) is 52.6 Å². The zero-order valence-corrected chi connectivity index (χ0v) is 17.6. The molecule has 0 radical (unpaired) electrons. The maximum Gasteiger partial charge on any atom is 0.338 e. The molecule has 1 saturated carbocycles. The summed E-state index contributed by atoms with van der Waals surface area (Å²) in [5.74, 6) is 1.21. The zero-order valence-electron chi connectivity index (χ0n) is 17.6. The fourth-order valence-corrected chi connectivity index (χ4v) is 3.80. The molecular weight excluding hydrogens is 376 g/mol. The second-order valence-electron chi connectivity index (χ2n) is 8.04. The van der Waals surface area contributed by atoms with Gasteiger partial charge in [-0.05, 0) is 80.3 Å². The highest BCUT2D eigenvalue weighted by Crippen LogP contribution is 2.41. The monoisotopic (exact) mass is 404 g/mol. The van der Waals surface area contributed by atoms with Crippen LogP contribution in [0.2, 0.25) is 0 Å². The van der Waals surface area contributed by atoms with Gasteiger partial charge in [-0.15, -0.1) is 0 Å². The molecule has 0 spiro atoms. The molecule has 2 atom stereocenters. The molecular formula is C26H28O4. The minimum absolute atomic E-state index is 0.384. The van der Waals surface area contributed by atoms with E-state index in [1.807, 2.05) is 48.5 Å². The molecule has 0 amide bonds. The van der Waals surface area contributed by atoms with Crippen LogP contribution in [0.4, 0.5) is 0 Å². The molecule has 1 aliphatic carbocycles. The first-order chi connectivity index (χ1) is 14.3. The molecule has 0 N–H and O–H groups in total. The SMILES string of the molecule is C=C(C)C(=O)Oc1ccc(C2CCCC(c3ccc(OC(=O)C(=C)C)cc3)C2)cc1. The van der Waals surface area contributed by atoms with Crippen molar-refractivity contribution in [1.82, 2.24) is 0 Å². The van der Waals surface area contributed by atoms with Crippen LogP contribution in [0.25, 0.3) is 0 Å². The Kier molecular flexibility index (Phi) is 6.88. The van der Waals surface area contributed by atoms with Crippen molar-refractivity contribution in [2.75, 3.05) is 0 Å². The molecule has 0 saturated heterocycles. The number of hydrogen-bond acceptors (Lipinski definition) is 4. The van der Waals surface area contributed by atoms with Gasteiger partial charge in [-0.25, -0.2) is 9.59 Å². The van der Waals surface area contributed by atoms with Crippen LogP contribution in [0, 0.1) is 0 Å². The lowest BCUT2D eigenvalue weighted by atomic mass is 9.75. The van der Waals surface area contributed by atoms with Crippen LogP contribution in [0.15, 0.2) is 72.8 Å². The van der Waals surface area contributed by atoms with Crippen molar-refractivity contribution in [2.45, 2.75) is 51.4 Å². The average Bonchev–Trinajstić information content (AvgIpc) is 2.74. The van der Waals surface area contributed by atoms with E-state index in [1.54, 1.807) is 13.8 Å². The van der Waals surface area contributed by atoms with Crippen LogP contribution in [0.5, 0.6) is 11.5 Å². The van der Waals surface area contributed by atoms with E-state index in [0.717, 1.165) is 25.7 Å². The number of esters is 2. The predicted octanol–water partition coefficient (Wildman–Crippen LogP) is 6.09. The maximum atomic E-state index is 11.7. The third kappa shape index (κ3) is 5.47. The highest BCUT2D eigenvalue weighted by atomic mass is 16.5. The van der Waals surface area contributed by atoms with Gasteiger partial charge in [0.25, 0.3) is 0 Å². The Morgan fingerprint density at radius 3 is 1.43 bits per heavy atom. The number of benzene rings is 2. The van der Waals surface area contributed by atoms with E-state index in [1.165, 1.54) is 11.1 Å². The molecule has 3 rings (SSSR count). The number of carbonyl (C=O) groups is 2. The Balaban J connectivity index is 1.64. The molecule has 2 aromatic carbocycles. The van der Waals surface area contributed by atoms with Gasteiger partial charge in [0.1, 0.15) is 11.5 Å². The summed E-state index contributed by atoms with van der Waals surface area (Å²) in [5, 5.41) is 0. The molecule has 1 aliphatic rings. The van der Waals surface area contributed by atoms with Crippen LogP contribution in [-0.2, 0) is 9.59 Å². The third-order valence-electron chi connectivity index (χ3n) is 5.50. The molecule has 4 nitrogen and oxygen atoms in total. The van der Waals surface area contributed by atoms with Gasteiger partial charge in [-0.3, -0.25) is 0 Å². The van der Waals surface area contributed by atoms with Crippen molar-refractivity contribution in [3.63, 3.8) is 0 Å². The summed E-state index contributed by atoms with van der Waals surface area (Å²) in [4.78, 5) is 23.3. The van der Waals surface area contributed by atoms with Crippen molar-refractivity contribution >= 4 is 11.9 Å². The van der Waals surface area contributed by atoms with Gasteiger partial charge in [-0.2, -0.15) is 0 Å². The van der Waals surface area contributed by atoms with Crippen LogP contribution in [-0.4, -0.2) is 11.9 Å². The van der Waals surface area contributed by atoms with Gasteiger partial charge in [0.2, 0.25) is 0 Å². The Morgan fingerprint density at radius 2 is 1.10 bits per heavy atom. The maximum absolute atomic E-state index is 11.7. The van der Waals surface area contributed by atoms with E-state index in [9.17, 15) is 9.59 Å². The fourth-order valence-electron chi connectivity index (χ4n) is 3.80. The summed E-state index contributed by atoms with van der Waals surface area (Å²) >= 11 is 0. The summed E-state index contributed by atoms with van der Waals surface area (Å²) in [6, 6.07) is 15.6. The largest absolute Gasteiger partial charge is 0.423 e. The molecule has 0 aromatic heterocycles. The first-order valence-electron chi connectivity index (χ1n) is 10.3. The van der Waals surface area contributed by atoms with Crippen molar-refractivity contribution in [2.24, 2.45) is 0 Å². The Labute approximate surface area is 178 Å². The Morgan fingerprint density at radius 1 is 0.733 bits per heavy atom. The van der Waals surface area contributed by atoms with Gasteiger partial charge >= 0.3 is 11.9 Å². The van der Waals surface area contributed by atoms with Crippen LogP contribution in [0.1, 0.15) is 62.5 Å². The summed E-state index contributed by atoms with van der Waals surface area (Å²) in [6.45, 7) is 10.5. The lowest BCUT2D eigenvalue weighted by Gasteiger charge is -2.30. The summed E-state index contributed by atoms with van der Waals surface area (Å²) in [5.41, 5.74) is 3.30. The van der Waals surface area contributed by atoms with Crippen molar-refractivity contribution in [3.05, 3.63) is 84.0 Å². The van der Waals surface area contributed by atoms with E-state index in [0.29, 0.717) is 34.5 Å². The minimum atomic E-state index is -0.405. The molecule has 0 bridgehead atoms. The smallest absolute Gasteiger partial charge is 0.338 e. The molecule has 2 aromatic rings. The standard InChI is InChI=1S/C26H28O4/c1-17(2)25(27)29-23-12-8-19(9-13-23)21-6-5-7-22(16-21)20-10-14-24(15-11-20)30-26(28)18(3)4/h8-15,21-22H,1,3,5-7,16H2,2,4H3. The summed E-state index contributed by atoms with van der Waals surface area (Å²) in [6.07, 6.45) is 4.52. The summed E-state index contributed by atoms with van der Waals surface area (Å²) < 4.78 is 10.6. The molecule has 0 aliphatic heterocycles. The van der Waals surface area contributed by atoms with E-state index >= 15 is 0 Å². The fraction of sp³-hybridized carbons (Fsp3) is 0.308. The first-order valence-corrected chi connectivity index (χ1v) is 10.3. The second-order valence-corrected chi connectivity index (χ2v) is 8.04. The Hall–Kier alpha value is -3.14. The van der Waals surface area contributed by atoms with Crippen molar-refractivity contribution < 1.29 is 19.1 Å². The number of ether oxygens (including phenoxy) is 2. The number of rotatable bonds is 6. The number of carbonyl (C=O) groups excluding carboxylic acids is 2. The average molecular weight is 405 g/mol. The molecule has 4 heteroatoms. The van der Waals surface area contributed by atoms with E-state index in [4.69, 9.17) is 9.47 Å². The van der Waals surface area contributed by atoms with Gasteiger partial charge in [-0.1, -0.05) is 43.8 Å². The molecule has 30 heavy (non-hydrogen) atoms. The zero-order chi connectivity index (χ0) is 21.7. The lowest BCUT2D eigenvalue weighted by Crippen LogP contribution is -2.13. The quantitative estimate of drug-likeness (QED) is 0.332. The number of hydrogen-bond donors (Lipinski definition) is 0. The van der Waals surface area contributed by atoms with Crippen LogP contribution >= 0.6 is 0 Å². The molecule has 156 valence electrons. The van der Waals surface area contributed by atoms with Crippen LogP contribution < -0.4 is 9.47 Å². The van der Waals surface area contributed by atoms with Gasteiger partial charge < -0.3 is 9.47 Å². The van der Waals surface area contributed by atoms with E-state index in [2.05, 4.69) is 13.2 Å². The molecule has 0 heterocycles. The van der Waals surface area contributed by atoms with Crippen molar-refractivity contribution in [1.29, 1.82) is 0 Å². The molecule has 1 fully saturated rings. The van der Waals surface area contributed by atoms with Gasteiger partial charge in [0.05, 0.1) is 0 Å². The second kappa shape index (κ2) is 9.57. The lowest BCUT2D eigenvalue weighted by molar-refractivity contribution is -0.130. The Bertz CT molecular complexity index is 861. The van der Waals surface area contributed by atoms with E-state index < -0.39 is 11.9 Å². The highest BCUT2D eigenvalue weighted by molar-refractivity contribution is 5.89. The first kappa shape index (κ1) is 21.6. The highest BCUT2D eigenvalue weighted by Gasteiger charge is 2.24. The molecule has 2 unspecified atom stereocenters.